The molecule has 0 saturated heterocycles. The Balaban J connectivity index is 0.000000184. The molecule has 0 aliphatic heterocycles. The summed E-state index contributed by atoms with van der Waals surface area (Å²) < 4.78 is 4.54. The normalized spacial score (nSPS) is 20.7. The van der Waals surface area contributed by atoms with E-state index in [1.807, 2.05) is 30.3 Å². The highest BCUT2D eigenvalue weighted by Crippen LogP contribution is 2.34. The van der Waals surface area contributed by atoms with Crippen molar-refractivity contribution in [1.82, 2.24) is 0 Å². The molecule has 0 heterocycles. The first-order valence-corrected chi connectivity index (χ1v) is 6.22. The smallest absolute Gasteiger partial charge is 0.293 e. The van der Waals surface area contributed by atoms with Crippen molar-refractivity contribution < 1.29 is 9.53 Å². The molecule has 2 rings (SSSR count). The minimum atomic E-state index is 0.365. The van der Waals surface area contributed by atoms with Crippen LogP contribution in [0.15, 0.2) is 30.3 Å². The van der Waals surface area contributed by atoms with E-state index in [1.54, 1.807) is 0 Å². The Bertz CT molecular complexity index is 377. The molecular formula is C15H19NO2. The van der Waals surface area contributed by atoms with Crippen LogP contribution in [0.1, 0.15) is 31.7 Å². The average Bonchev–Trinajstić information content (AvgIpc) is 2.37. The maximum atomic E-state index is 9.76. The molecule has 1 aromatic rings. The Morgan fingerprint density at radius 1 is 1.39 bits per heavy atom. The zero-order valence-corrected chi connectivity index (χ0v) is 10.7. The second kappa shape index (κ2) is 8.30. The summed E-state index contributed by atoms with van der Waals surface area (Å²) in [6.45, 7) is 3.06. The van der Waals surface area contributed by atoms with E-state index in [1.165, 1.54) is 12.8 Å². The second-order valence-electron chi connectivity index (χ2n) is 4.70. The molecule has 0 unspecified atom stereocenters. The van der Waals surface area contributed by atoms with Crippen molar-refractivity contribution in [2.75, 3.05) is 0 Å². The van der Waals surface area contributed by atoms with Crippen molar-refractivity contribution in [1.29, 1.82) is 5.26 Å². The van der Waals surface area contributed by atoms with Crippen LogP contribution >= 0.6 is 0 Å². The lowest BCUT2D eigenvalue weighted by Crippen LogP contribution is -2.19. The minimum Gasteiger partial charge on any atom is -0.463 e. The molecule has 1 aliphatic carbocycles. The molecule has 0 aromatic heterocycles. The number of nitrogens with zero attached hydrogens (tertiary/aromatic N) is 1. The van der Waals surface area contributed by atoms with Gasteiger partial charge in [-0.15, -0.1) is 0 Å². The highest BCUT2D eigenvalue weighted by molar-refractivity contribution is 5.37. The summed E-state index contributed by atoms with van der Waals surface area (Å²) in [6, 6.07) is 11.7. The molecule has 3 nitrogen and oxygen atoms in total. The predicted molar refractivity (Wildman–Crippen MR) is 69.4 cm³/mol. The first kappa shape index (κ1) is 14.2. The largest absolute Gasteiger partial charge is 0.463 e. The third kappa shape index (κ3) is 5.49. The molecule has 18 heavy (non-hydrogen) atoms. The number of carbonyl (C=O) groups excluding carboxylic acids is 1. The highest BCUT2D eigenvalue weighted by atomic mass is 16.5. The van der Waals surface area contributed by atoms with E-state index in [-0.39, 0.29) is 0 Å². The fourth-order valence-corrected chi connectivity index (χ4v) is 2.07. The maximum Gasteiger partial charge on any atom is 0.293 e. The summed E-state index contributed by atoms with van der Waals surface area (Å²) in [4.78, 5) is 9.76. The third-order valence-electron chi connectivity index (χ3n) is 3.01. The second-order valence-corrected chi connectivity index (χ2v) is 4.70. The van der Waals surface area contributed by atoms with Gasteiger partial charge < -0.3 is 4.74 Å². The van der Waals surface area contributed by atoms with Gasteiger partial charge in [0.05, 0.1) is 6.07 Å². The van der Waals surface area contributed by atoms with Crippen LogP contribution in [-0.2, 0) is 16.1 Å². The quantitative estimate of drug-likeness (QED) is 0.765. The van der Waals surface area contributed by atoms with E-state index in [0.29, 0.717) is 13.1 Å². The Labute approximate surface area is 108 Å². The lowest BCUT2D eigenvalue weighted by Gasteiger charge is -2.30. The minimum absolute atomic E-state index is 0.365. The zero-order chi connectivity index (χ0) is 13.2. The van der Waals surface area contributed by atoms with E-state index in [4.69, 9.17) is 5.26 Å². The van der Waals surface area contributed by atoms with Crippen molar-refractivity contribution in [3.8, 4) is 6.07 Å². The molecule has 0 atom stereocenters. The summed E-state index contributed by atoms with van der Waals surface area (Å²) in [6.07, 6.45) is 3.35. The molecule has 3 heteroatoms. The van der Waals surface area contributed by atoms with Crippen LogP contribution in [-0.4, -0.2) is 6.47 Å². The Kier molecular flexibility index (Phi) is 6.56. The van der Waals surface area contributed by atoms with Crippen LogP contribution in [0.3, 0.4) is 0 Å². The van der Waals surface area contributed by atoms with Crippen LogP contribution in [0.2, 0.25) is 0 Å². The Morgan fingerprint density at radius 2 is 2.06 bits per heavy atom. The van der Waals surface area contributed by atoms with Crippen LogP contribution < -0.4 is 0 Å². The molecule has 1 aromatic carbocycles. The molecule has 96 valence electrons. The van der Waals surface area contributed by atoms with Gasteiger partial charge in [-0.2, -0.15) is 5.26 Å². The molecule has 0 N–H and O–H groups in total. The average molecular weight is 245 g/mol. The molecule has 0 amide bonds. The standard InChI is InChI=1S/C8H8O2.C7H11N/c9-7-10-6-8-4-2-1-3-5-8;1-6-4-7(5-6)2-3-8/h1-5,7H,6H2;6-7H,2,4-5H2,1H3. The molecule has 1 aliphatic rings. The van der Waals surface area contributed by atoms with E-state index >= 15 is 0 Å². The lowest BCUT2D eigenvalue weighted by molar-refractivity contribution is -0.129. The number of hydrogen-bond donors (Lipinski definition) is 0. The Hall–Kier alpha value is -1.82. The predicted octanol–water partition coefficient (Wildman–Crippen LogP) is 3.31. The van der Waals surface area contributed by atoms with Gasteiger partial charge in [0.15, 0.2) is 0 Å². The molecular weight excluding hydrogens is 226 g/mol. The number of ether oxygens (including phenoxy) is 1. The number of hydrogen-bond acceptors (Lipinski definition) is 3. The van der Waals surface area contributed by atoms with Crippen molar-refractivity contribution in [3.63, 3.8) is 0 Å². The topological polar surface area (TPSA) is 50.1 Å². The van der Waals surface area contributed by atoms with Crippen LogP contribution in [0.5, 0.6) is 0 Å². The van der Waals surface area contributed by atoms with E-state index in [0.717, 1.165) is 23.8 Å². The molecule has 0 radical (unpaired) electrons. The first-order valence-electron chi connectivity index (χ1n) is 6.22. The molecule has 0 bridgehead atoms. The van der Waals surface area contributed by atoms with Crippen LogP contribution in [0, 0.1) is 23.2 Å². The van der Waals surface area contributed by atoms with Crippen LogP contribution in [0.25, 0.3) is 0 Å². The summed E-state index contributed by atoms with van der Waals surface area (Å²) in [5.74, 6) is 1.64. The van der Waals surface area contributed by atoms with Gasteiger partial charge in [0.2, 0.25) is 0 Å². The van der Waals surface area contributed by atoms with Gasteiger partial charge in [0, 0.05) is 6.42 Å². The van der Waals surface area contributed by atoms with Gasteiger partial charge in [-0.05, 0) is 30.2 Å². The van der Waals surface area contributed by atoms with Crippen molar-refractivity contribution in [3.05, 3.63) is 35.9 Å². The monoisotopic (exact) mass is 245 g/mol. The van der Waals surface area contributed by atoms with E-state index in [9.17, 15) is 4.79 Å². The Morgan fingerprint density at radius 3 is 2.56 bits per heavy atom. The molecule has 0 spiro atoms. The number of benzene rings is 1. The fraction of sp³-hybridized carbons (Fsp3) is 0.467. The summed E-state index contributed by atoms with van der Waals surface area (Å²) >= 11 is 0. The van der Waals surface area contributed by atoms with Gasteiger partial charge >= 0.3 is 0 Å². The van der Waals surface area contributed by atoms with Gasteiger partial charge in [-0.3, -0.25) is 4.79 Å². The highest BCUT2D eigenvalue weighted by Gasteiger charge is 2.24. The third-order valence-corrected chi connectivity index (χ3v) is 3.01. The van der Waals surface area contributed by atoms with Crippen molar-refractivity contribution in [2.24, 2.45) is 11.8 Å². The van der Waals surface area contributed by atoms with Gasteiger partial charge in [0.1, 0.15) is 6.61 Å². The van der Waals surface area contributed by atoms with E-state index < -0.39 is 0 Å². The molecule has 1 saturated carbocycles. The van der Waals surface area contributed by atoms with Crippen molar-refractivity contribution in [2.45, 2.75) is 32.8 Å². The van der Waals surface area contributed by atoms with Crippen molar-refractivity contribution >= 4 is 6.47 Å². The van der Waals surface area contributed by atoms with E-state index in [2.05, 4.69) is 17.7 Å². The SMILES string of the molecule is CC1CC(CC#N)C1.O=COCc1ccccc1. The van der Waals surface area contributed by atoms with Crippen LogP contribution in [0.4, 0.5) is 0 Å². The summed E-state index contributed by atoms with van der Waals surface area (Å²) in [5.41, 5.74) is 1.01. The van der Waals surface area contributed by atoms with Gasteiger partial charge in [-0.25, -0.2) is 0 Å². The number of carbonyl (C=O) groups is 1. The first-order chi connectivity index (χ1) is 8.76. The maximum absolute atomic E-state index is 9.76. The summed E-state index contributed by atoms with van der Waals surface area (Å²) in [5, 5.41) is 8.24. The summed E-state index contributed by atoms with van der Waals surface area (Å²) in [7, 11) is 0. The van der Waals surface area contributed by atoms with Gasteiger partial charge in [0.25, 0.3) is 6.47 Å². The zero-order valence-electron chi connectivity index (χ0n) is 10.7. The fourth-order valence-electron chi connectivity index (χ4n) is 2.07. The molecule has 1 fully saturated rings. The lowest BCUT2D eigenvalue weighted by atomic mass is 9.75. The van der Waals surface area contributed by atoms with Gasteiger partial charge in [-0.1, -0.05) is 37.3 Å². The number of rotatable bonds is 4. The number of nitriles is 1.